The second kappa shape index (κ2) is 10.4. The fourth-order valence-corrected chi connectivity index (χ4v) is 6.79. The predicted molar refractivity (Wildman–Crippen MR) is 140 cm³/mol. The van der Waals surface area contributed by atoms with E-state index in [0.717, 1.165) is 62.4 Å². The zero-order valence-electron chi connectivity index (χ0n) is 21.7. The maximum absolute atomic E-state index is 13.3. The highest BCUT2D eigenvalue weighted by molar-refractivity contribution is 6.06. The molecule has 3 N–H and O–H groups in total. The van der Waals surface area contributed by atoms with E-state index >= 15 is 0 Å². The molecule has 2 aliphatic carbocycles. The fraction of sp³-hybridized carbons (Fsp3) is 0.690. The van der Waals surface area contributed by atoms with Gasteiger partial charge in [-0.3, -0.25) is 19.7 Å². The van der Waals surface area contributed by atoms with Gasteiger partial charge in [0.05, 0.1) is 6.10 Å². The van der Waals surface area contributed by atoms with Crippen LogP contribution in [0.15, 0.2) is 18.2 Å². The highest BCUT2D eigenvalue weighted by Crippen LogP contribution is 2.43. The largest absolute Gasteiger partial charge is 0.379 e. The minimum absolute atomic E-state index is 0.0326. The summed E-state index contributed by atoms with van der Waals surface area (Å²) in [6.45, 7) is 2.27. The fourth-order valence-electron chi connectivity index (χ4n) is 6.79. The lowest BCUT2D eigenvalue weighted by Crippen LogP contribution is -2.52. The highest BCUT2D eigenvalue weighted by atomic mass is 16.5. The molecule has 2 atom stereocenters. The van der Waals surface area contributed by atoms with Crippen molar-refractivity contribution < 1.29 is 19.1 Å². The number of carbonyl (C=O) groups is 3. The molecule has 2 saturated carbocycles. The molecule has 4 fully saturated rings. The number of carbonyl (C=O) groups excluding carboxylic acids is 3. The predicted octanol–water partition coefficient (Wildman–Crippen LogP) is 3.50. The molecule has 0 radical (unpaired) electrons. The Kier molecular flexibility index (Phi) is 6.97. The maximum Gasteiger partial charge on any atom is 0.255 e. The number of imide groups is 1. The molecule has 3 aliphatic heterocycles. The third-order valence-corrected chi connectivity index (χ3v) is 9.31. The van der Waals surface area contributed by atoms with Gasteiger partial charge in [-0.25, -0.2) is 0 Å². The molecule has 0 bridgehead atoms. The van der Waals surface area contributed by atoms with Gasteiger partial charge in [0.15, 0.2) is 0 Å². The summed E-state index contributed by atoms with van der Waals surface area (Å²) in [6.07, 6.45) is 13.0. The van der Waals surface area contributed by atoms with Gasteiger partial charge in [0, 0.05) is 54.5 Å². The smallest absolute Gasteiger partial charge is 0.255 e. The molecule has 6 rings (SSSR count). The van der Waals surface area contributed by atoms with E-state index in [1.54, 1.807) is 4.90 Å². The van der Waals surface area contributed by atoms with Gasteiger partial charge in [-0.1, -0.05) is 18.9 Å². The molecule has 1 aromatic rings. The minimum Gasteiger partial charge on any atom is -0.379 e. The van der Waals surface area contributed by atoms with Gasteiger partial charge >= 0.3 is 0 Å². The number of nitrogens with one attached hydrogen (secondary N) is 3. The number of nitrogens with zero attached hydrogens (tertiary/aromatic N) is 1. The van der Waals surface area contributed by atoms with Crippen LogP contribution in [0.4, 0.5) is 5.69 Å². The summed E-state index contributed by atoms with van der Waals surface area (Å²) in [4.78, 5) is 39.1. The molecule has 5 aliphatic rings. The molecular weight excluding hydrogens is 468 g/mol. The second-order valence-corrected chi connectivity index (χ2v) is 11.9. The van der Waals surface area contributed by atoms with Crippen molar-refractivity contribution in [1.29, 1.82) is 0 Å². The summed E-state index contributed by atoms with van der Waals surface area (Å²) in [5.74, 6) is 0.148. The summed E-state index contributed by atoms with van der Waals surface area (Å²) in [5.41, 5.74) is 2.73. The zero-order valence-corrected chi connectivity index (χ0v) is 21.7. The minimum atomic E-state index is -0.584. The van der Waals surface area contributed by atoms with Crippen LogP contribution in [0.1, 0.15) is 93.0 Å². The van der Waals surface area contributed by atoms with Crippen molar-refractivity contribution in [2.24, 2.45) is 5.92 Å². The van der Waals surface area contributed by atoms with Gasteiger partial charge in [0.2, 0.25) is 11.8 Å². The van der Waals surface area contributed by atoms with Crippen LogP contribution in [0, 0.1) is 5.92 Å². The Morgan fingerprint density at radius 1 is 1.05 bits per heavy atom. The summed E-state index contributed by atoms with van der Waals surface area (Å²) in [7, 11) is 0. The normalized spacial score (nSPS) is 31.9. The lowest BCUT2D eigenvalue weighted by molar-refractivity contribution is -0.136. The van der Waals surface area contributed by atoms with Crippen molar-refractivity contribution in [3.05, 3.63) is 29.3 Å². The van der Waals surface area contributed by atoms with Crippen LogP contribution in [0.25, 0.3) is 0 Å². The molecule has 3 amide bonds. The third kappa shape index (κ3) is 5.41. The van der Waals surface area contributed by atoms with Crippen molar-refractivity contribution in [2.45, 2.75) is 107 Å². The van der Waals surface area contributed by atoms with Crippen molar-refractivity contribution >= 4 is 23.4 Å². The summed E-state index contributed by atoms with van der Waals surface area (Å²) in [6, 6.07) is 5.88. The first-order chi connectivity index (χ1) is 18.0. The summed E-state index contributed by atoms with van der Waals surface area (Å²) >= 11 is 0. The van der Waals surface area contributed by atoms with E-state index in [2.05, 4.69) is 22.0 Å². The quantitative estimate of drug-likeness (QED) is 0.442. The highest BCUT2D eigenvalue weighted by Gasteiger charge is 2.42. The molecule has 0 aromatic heterocycles. The van der Waals surface area contributed by atoms with E-state index in [4.69, 9.17) is 4.74 Å². The molecule has 0 spiro atoms. The first-order valence-corrected chi connectivity index (χ1v) is 14.4. The number of benzene rings is 1. The number of rotatable bonds is 9. The molecule has 3 heterocycles. The SMILES string of the molecule is O=C1CC[C@@H](N2Cc3c(NC4(CCC5CC5)CCC(NC[C@H]5CCCO5)CC4)cccc3C2=O)C(=O)N1. The Bertz CT molecular complexity index is 1040. The molecule has 1 aromatic carbocycles. The van der Waals surface area contributed by atoms with E-state index in [1.807, 2.05) is 12.1 Å². The van der Waals surface area contributed by atoms with Gasteiger partial charge in [-0.15, -0.1) is 0 Å². The third-order valence-electron chi connectivity index (χ3n) is 9.31. The molecular formula is C29H40N4O4. The number of amides is 3. The van der Waals surface area contributed by atoms with Crippen molar-refractivity contribution in [1.82, 2.24) is 15.5 Å². The lowest BCUT2D eigenvalue weighted by atomic mass is 9.75. The van der Waals surface area contributed by atoms with Crippen LogP contribution in [0.2, 0.25) is 0 Å². The molecule has 2 saturated heterocycles. The van der Waals surface area contributed by atoms with E-state index in [1.165, 1.54) is 32.1 Å². The first kappa shape index (κ1) is 24.9. The van der Waals surface area contributed by atoms with E-state index in [9.17, 15) is 14.4 Å². The number of piperidine rings is 1. The number of hydrogen-bond donors (Lipinski definition) is 3. The van der Waals surface area contributed by atoms with Crippen LogP contribution in [0.3, 0.4) is 0 Å². The van der Waals surface area contributed by atoms with Crippen LogP contribution >= 0.6 is 0 Å². The second-order valence-electron chi connectivity index (χ2n) is 11.9. The lowest BCUT2D eigenvalue weighted by Gasteiger charge is -2.43. The topological polar surface area (TPSA) is 99.8 Å². The van der Waals surface area contributed by atoms with Gasteiger partial charge < -0.3 is 20.3 Å². The number of ether oxygens (including phenoxy) is 1. The Labute approximate surface area is 219 Å². The molecule has 0 unspecified atom stereocenters. The van der Waals surface area contributed by atoms with Crippen LogP contribution in [0.5, 0.6) is 0 Å². The van der Waals surface area contributed by atoms with Gasteiger partial charge in [-0.2, -0.15) is 0 Å². The number of anilines is 1. The Morgan fingerprint density at radius 2 is 1.89 bits per heavy atom. The van der Waals surface area contributed by atoms with Crippen LogP contribution in [-0.4, -0.2) is 59.5 Å². The molecule has 8 heteroatoms. The van der Waals surface area contributed by atoms with Crippen molar-refractivity contribution in [2.75, 3.05) is 18.5 Å². The number of hydrogen-bond acceptors (Lipinski definition) is 6. The van der Waals surface area contributed by atoms with Crippen LogP contribution < -0.4 is 16.0 Å². The Balaban J connectivity index is 1.15. The van der Waals surface area contributed by atoms with E-state index < -0.39 is 6.04 Å². The van der Waals surface area contributed by atoms with Crippen LogP contribution in [-0.2, 0) is 20.9 Å². The number of fused-ring (bicyclic) bond motifs is 1. The molecule has 37 heavy (non-hydrogen) atoms. The van der Waals surface area contributed by atoms with Crippen molar-refractivity contribution in [3.63, 3.8) is 0 Å². The average molecular weight is 509 g/mol. The zero-order chi connectivity index (χ0) is 25.4. The van der Waals surface area contributed by atoms with Gasteiger partial charge in [-0.05, 0) is 75.8 Å². The van der Waals surface area contributed by atoms with Gasteiger partial charge in [0.1, 0.15) is 6.04 Å². The Hall–Kier alpha value is -2.45. The average Bonchev–Trinajstić information content (AvgIpc) is 3.47. The van der Waals surface area contributed by atoms with Crippen molar-refractivity contribution in [3.8, 4) is 0 Å². The maximum atomic E-state index is 13.3. The monoisotopic (exact) mass is 508 g/mol. The van der Waals surface area contributed by atoms with E-state index in [0.29, 0.717) is 30.7 Å². The van der Waals surface area contributed by atoms with Gasteiger partial charge in [0.25, 0.3) is 5.91 Å². The summed E-state index contributed by atoms with van der Waals surface area (Å²) < 4.78 is 5.80. The summed E-state index contributed by atoms with van der Waals surface area (Å²) in [5, 5.41) is 10.1. The first-order valence-electron chi connectivity index (χ1n) is 14.4. The van der Waals surface area contributed by atoms with E-state index in [-0.39, 0.29) is 29.7 Å². The standard InChI is InChI=1S/C29H40N4O4/c34-26-9-8-25(27(35)31-26)33-18-23-22(28(33)36)4-1-5-24(23)32-29(13-10-19-6-7-19)14-11-20(12-15-29)30-17-21-3-2-16-37-21/h1,4-5,19-21,25,30,32H,2-3,6-18H2,(H,31,34,35)/t20?,21-,25-,29?/m1/s1. The Morgan fingerprint density at radius 3 is 2.62 bits per heavy atom. The molecule has 8 nitrogen and oxygen atoms in total. The molecule has 200 valence electrons.